The normalized spacial score (nSPS) is 16.5. The molecule has 1 saturated heterocycles. The summed E-state index contributed by atoms with van der Waals surface area (Å²) in [5, 5.41) is 0. The van der Waals surface area contributed by atoms with Crippen LogP contribution in [0.4, 0.5) is 0 Å². The van der Waals surface area contributed by atoms with Gasteiger partial charge in [0.05, 0.1) is 4.90 Å². The molecule has 0 aliphatic carbocycles. The molecular weight excluding hydrogens is 302 g/mol. The largest absolute Gasteiger partial charge is 0.453 e. The lowest BCUT2D eigenvalue weighted by Gasteiger charge is -2.26. The van der Waals surface area contributed by atoms with Crippen LogP contribution in [0.5, 0.6) is 0 Å². The molecule has 6 heteroatoms. The van der Waals surface area contributed by atoms with E-state index in [0.717, 1.165) is 19.3 Å². The van der Waals surface area contributed by atoms with Crippen LogP contribution >= 0.6 is 0 Å². The van der Waals surface area contributed by atoms with E-state index in [-0.39, 0.29) is 10.7 Å². The second-order valence-corrected chi connectivity index (χ2v) is 7.19. The summed E-state index contributed by atoms with van der Waals surface area (Å²) in [6, 6.07) is 9.89. The highest BCUT2D eigenvalue weighted by Gasteiger charge is 2.28. The maximum atomic E-state index is 12.9. The molecule has 1 aliphatic heterocycles. The second-order valence-electron chi connectivity index (χ2n) is 5.28. The van der Waals surface area contributed by atoms with Crippen LogP contribution in [0.25, 0.3) is 11.3 Å². The number of aldehydes is 1. The Bertz CT molecular complexity index is 773. The Morgan fingerprint density at radius 2 is 1.73 bits per heavy atom. The van der Waals surface area contributed by atoms with Crippen molar-refractivity contribution in [2.24, 2.45) is 0 Å². The molecule has 1 aliphatic rings. The van der Waals surface area contributed by atoms with Gasteiger partial charge in [0.25, 0.3) is 0 Å². The minimum atomic E-state index is -3.55. The van der Waals surface area contributed by atoms with Crippen molar-refractivity contribution in [1.82, 2.24) is 4.31 Å². The zero-order chi connectivity index (χ0) is 15.6. The summed E-state index contributed by atoms with van der Waals surface area (Å²) in [6.07, 6.45) is 3.44. The number of rotatable bonds is 4. The highest BCUT2D eigenvalue weighted by atomic mass is 32.2. The van der Waals surface area contributed by atoms with Crippen molar-refractivity contribution in [2.75, 3.05) is 13.1 Å². The van der Waals surface area contributed by atoms with Gasteiger partial charge in [-0.2, -0.15) is 4.31 Å². The molecule has 1 fully saturated rings. The van der Waals surface area contributed by atoms with Crippen molar-refractivity contribution < 1.29 is 17.6 Å². The van der Waals surface area contributed by atoms with Crippen molar-refractivity contribution in [3.8, 4) is 11.3 Å². The third kappa shape index (κ3) is 2.71. The molecule has 3 rings (SSSR count). The summed E-state index contributed by atoms with van der Waals surface area (Å²) >= 11 is 0. The van der Waals surface area contributed by atoms with Crippen LogP contribution in [0.3, 0.4) is 0 Å². The molecule has 0 atom stereocenters. The van der Waals surface area contributed by atoms with E-state index in [1.807, 2.05) is 0 Å². The van der Waals surface area contributed by atoms with Crippen LogP contribution in [-0.2, 0) is 10.0 Å². The summed E-state index contributed by atoms with van der Waals surface area (Å²) in [5.41, 5.74) is 0.487. The van der Waals surface area contributed by atoms with Crippen LogP contribution < -0.4 is 0 Å². The van der Waals surface area contributed by atoms with Crippen LogP contribution in [0.2, 0.25) is 0 Å². The summed E-state index contributed by atoms with van der Waals surface area (Å²) in [5.74, 6) is 0.568. The Balaban J connectivity index is 2.05. The smallest absolute Gasteiger partial charge is 0.243 e. The average molecular weight is 319 g/mol. The maximum Gasteiger partial charge on any atom is 0.243 e. The summed E-state index contributed by atoms with van der Waals surface area (Å²) in [4.78, 5) is 11.0. The van der Waals surface area contributed by atoms with E-state index in [1.165, 1.54) is 10.4 Å². The fourth-order valence-electron chi connectivity index (χ4n) is 2.70. The van der Waals surface area contributed by atoms with Gasteiger partial charge in [-0.3, -0.25) is 4.79 Å². The van der Waals surface area contributed by atoms with E-state index < -0.39 is 10.0 Å². The molecule has 2 heterocycles. The third-order valence-corrected chi connectivity index (χ3v) is 5.79. The van der Waals surface area contributed by atoms with Gasteiger partial charge in [-0.15, -0.1) is 0 Å². The number of nitrogens with zero attached hydrogens (tertiary/aromatic N) is 1. The van der Waals surface area contributed by atoms with E-state index in [4.69, 9.17) is 4.42 Å². The van der Waals surface area contributed by atoms with Crippen molar-refractivity contribution in [3.63, 3.8) is 0 Å². The average Bonchev–Trinajstić information content (AvgIpc) is 3.05. The molecular formula is C16H17NO4S. The minimum Gasteiger partial charge on any atom is -0.453 e. The standard InChI is InChI=1S/C16H17NO4S/c18-12-13-8-9-15(21-13)14-6-2-3-7-16(14)22(19,20)17-10-4-1-5-11-17/h2-3,6-9,12H,1,4-5,10-11H2. The molecule has 2 aromatic rings. The highest BCUT2D eigenvalue weighted by Crippen LogP contribution is 2.31. The van der Waals surface area contributed by atoms with E-state index in [1.54, 1.807) is 30.3 Å². The van der Waals surface area contributed by atoms with Gasteiger partial charge in [-0.05, 0) is 37.1 Å². The molecule has 22 heavy (non-hydrogen) atoms. The van der Waals surface area contributed by atoms with Gasteiger partial charge >= 0.3 is 0 Å². The maximum absolute atomic E-state index is 12.9. The zero-order valence-corrected chi connectivity index (χ0v) is 12.9. The van der Waals surface area contributed by atoms with Crippen molar-refractivity contribution >= 4 is 16.3 Å². The second kappa shape index (κ2) is 6.06. The Kier molecular flexibility index (Phi) is 4.13. The SMILES string of the molecule is O=Cc1ccc(-c2ccccc2S(=O)(=O)N2CCCCC2)o1. The first kappa shape index (κ1) is 15.0. The highest BCUT2D eigenvalue weighted by molar-refractivity contribution is 7.89. The molecule has 0 bridgehead atoms. The van der Waals surface area contributed by atoms with Crippen molar-refractivity contribution in [3.05, 3.63) is 42.2 Å². The Labute approximate surface area is 129 Å². The van der Waals surface area contributed by atoms with Gasteiger partial charge in [0.1, 0.15) is 5.76 Å². The molecule has 0 spiro atoms. The van der Waals surface area contributed by atoms with Crippen molar-refractivity contribution in [1.29, 1.82) is 0 Å². The first-order chi connectivity index (χ1) is 10.6. The van der Waals surface area contributed by atoms with Crippen LogP contribution in [0.15, 0.2) is 45.7 Å². The number of hydrogen-bond donors (Lipinski definition) is 0. The quantitative estimate of drug-likeness (QED) is 0.813. The van der Waals surface area contributed by atoms with Gasteiger partial charge < -0.3 is 4.42 Å². The Hall–Kier alpha value is -1.92. The van der Waals surface area contributed by atoms with E-state index in [9.17, 15) is 13.2 Å². The minimum absolute atomic E-state index is 0.181. The summed E-state index contributed by atoms with van der Waals surface area (Å²) < 4.78 is 32.7. The lowest BCUT2D eigenvalue weighted by atomic mass is 10.2. The van der Waals surface area contributed by atoms with Gasteiger partial charge in [-0.25, -0.2) is 8.42 Å². The van der Waals surface area contributed by atoms with Crippen LogP contribution in [0, 0.1) is 0 Å². The Morgan fingerprint density at radius 1 is 1.00 bits per heavy atom. The predicted octanol–water partition coefficient (Wildman–Crippen LogP) is 2.93. The predicted molar refractivity (Wildman–Crippen MR) is 82.1 cm³/mol. The summed E-state index contributed by atoms with van der Waals surface area (Å²) in [7, 11) is -3.55. The molecule has 116 valence electrons. The fourth-order valence-corrected chi connectivity index (χ4v) is 4.41. The van der Waals surface area contributed by atoms with E-state index in [0.29, 0.717) is 30.7 Å². The van der Waals surface area contributed by atoms with Crippen molar-refractivity contribution in [2.45, 2.75) is 24.2 Å². The summed E-state index contributed by atoms with van der Waals surface area (Å²) in [6.45, 7) is 1.10. The number of carbonyl (C=O) groups is 1. The van der Waals surface area contributed by atoms with Crippen LogP contribution in [-0.4, -0.2) is 32.1 Å². The lowest BCUT2D eigenvalue weighted by molar-refractivity contribution is 0.110. The number of hydrogen-bond acceptors (Lipinski definition) is 4. The molecule has 0 N–H and O–H groups in total. The first-order valence-corrected chi connectivity index (χ1v) is 8.71. The molecule has 0 radical (unpaired) electrons. The van der Waals surface area contributed by atoms with Gasteiger partial charge in [0.2, 0.25) is 10.0 Å². The number of furan rings is 1. The lowest BCUT2D eigenvalue weighted by Crippen LogP contribution is -2.35. The molecule has 0 unspecified atom stereocenters. The third-order valence-electron chi connectivity index (χ3n) is 3.83. The number of sulfonamides is 1. The molecule has 5 nitrogen and oxygen atoms in total. The van der Waals surface area contributed by atoms with E-state index in [2.05, 4.69) is 0 Å². The molecule has 0 saturated carbocycles. The van der Waals surface area contributed by atoms with Gasteiger partial charge in [0.15, 0.2) is 12.0 Å². The number of piperidine rings is 1. The molecule has 1 aromatic heterocycles. The number of carbonyl (C=O) groups excluding carboxylic acids is 1. The van der Waals surface area contributed by atoms with Gasteiger partial charge in [0, 0.05) is 18.7 Å². The fraction of sp³-hybridized carbons (Fsp3) is 0.312. The number of benzene rings is 1. The zero-order valence-electron chi connectivity index (χ0n) is 12.1. The Morgan fingerprint density at radius 3 is 2.41 bits per heavy atom. The van der Waals surface area contributed by atoms with Gasteiger partial charge in [-0.1, -0.05) is 18.6 Å². The molecule has 1 aromatic carbocycles. The monoisotopic (exact) mass is 319 g/mol. The molecule has 0 amide bonds. The van der Waals surface area contributed by atoms with Crippen LogP contribution in [0.1, 0.15) is 29.8 Å². The van der Waals surface area contributed by atoms with E-state index >= 15 is 0 Å². The first-order valence-electron chi connectivity index (χ1n) is 7.27. The topological polar surface area (TPSA) is 67.6 Å².